The zero-order valence-corrected chi connectivity index (χ0v) is 19.2. The number of hydrogen-bond donors (Lipinski definition) is 2. The number of piperidine rings is 1. The van der Waals surface area contributed by atoms with Crippen LogP contribution in [0.15, 0.2) is 36.4 Å². The molecule has 0 radical (unpaired) electrons. The normalized spacial score (nSPS) is 35.5. The Kier molecular flexibility index (Phi) is 4.60. The van der Waals surface area contributed by atoms with Gasteiger partial charge in [0.1, 0.15) is 5.60 Å². The standard InChI is InChI=1S/C24H30ClN3O3/c1-22(2)11-15(12-23(3,4)27-22)26-20(29)18-17-9-10-24(31-17)13-28(21(30)19(18)24)16-7-5-14(25)6-8-16/h5-10,15,17-19,27H,11-13H2,1-4H3,(H,26,29)/t17-,18+,19+,24+/m1/s1. The van der Waals surface area contributed by atoms with Crippen molar-refractivity contribution in [2.75, 3.05) is 11.4 Å². The van der Waals surface area contributed by atoms with E-state index < -0.39 is 17.4 Å². The maximum Gasteiger partial charge on any atom is 0.234 e. The van der Waals surface area contributed by atoms with Crippen molar-refractivity contribution in [2.45, 2.75) is 69.4 Å². The summed E-state index contributed by atoms with van der Waals surface area (Å²) in [6.45, 7) is 9.07. The number of fused-ring (bicyclic) bond motifs is 1. The van der Waals surface area contributed by atoms with E-state index in [1.165, 1.54) is 0 Å². The molecule has 7 heteroatoms. The maximum absolute atomic E-state index is 13.5. The van der Waals surface area contributed by atoms with E-state index in [2.05, 4.69) is 38.3 Å². The molecule has 0 saturated carbocycles. The van der Waals surface area contributed by atoms with Gasteiger partial charge in [-0.25, -0.2) is 0 Å². The van der Waals surface area contributed by atoms with Crippen LogP contribution in [-0.4, -0.2) is 47.2 Å². The molecule has 166 valence electrons. The number of ether oxygens (including phenoxy) is 1. The van der Waals surface area contributed by atoms with Crippen LogP contribution < -0.4 is 15.5 Å². The molecule has 2 amide bonds. The number of amides is 2. The van der Waals surface area contributed by atoms with Crippen LogP contribution in [0.25, 0.3) is 0 Å². The lowest BCUT2D eigenvalue weighted by molar-refractivity contribution is -0.132. The van der Waals surface area contributed by atoms with E-state index in [4.69, 9.17) is 16.3 Å². The van der Waals surface area contributed by atoms with Crippen LogP contribution in [0.3, 0.4) is 0 Å². The van der Waals surface area contributed by atoms with Gasteiger partial charge in [0.2, 0.25) is 11.8 Å². The molecule has 2 N–H and O–H groups in total. The molecule has 4 aliphatic heterocycles. The largest absolute Gasteiger partial charge is 0.360 e. The van der Waals surface area contributed by atoms with Gasteiger partial charge in [-0.2, -0.15) is 0 Å². The lowest BCUT2D eigenvalue weighted by atomic mass is 9.75. The first-order chi connectivity index (χ1) is 14.5. The molecule has 4 aliphatic rings. The van der Waals surface area contributed by atoms with Crippen molar-refractivity contribution in [3.8, 4) is 0 Å². The van der Waals surface area contributed by atoms with E-state index in [0.29, 0.717) is 11.6 Å². The highest BCUT2D eigenvalue weighted by molar-refractivity contribution is 6.30. The van der Waals surface area contributed by atoms with Gasteiger partial charge in [0, 0.05) is 27.8 Å². The molecule has 0 unspecified atom stereocenters. The number of benzene rings is 1. The van der Waals surface area contributed by atoms with Crippen molar-refractivity contribution in [2.24, 2.45) is 11.8 Å². The first-order valence-electron chi connectivity index (χ1n) is 11.0. The number of nitrogens with zero attached hydrogens (tertiary/aromatic N) is 1. The van der Waals surface area contributed by atoms with Crippen molar-refractivity contribution in [3.63, 3.8) is 0 Å². The molecule has 1 spiro atoms. The van der Waals surface area contributed by atoms with E-state index >= 15 is 0 Å². The summed E-state index contributed by atoms with van der Waals surface area (Å²) in [6.07, 6.45) is 5.28. The molecular weight excluding hydrogens is 414 g/mol. The summed E-state index contributed by atoms with van der Waals surface area (Å²) in [5.74, 6) is -1.14. The first kappa shape index (κ1) is 21.0. The number of halogens is 1. The third kappa shape index (κ3) is 3.49. The van der Waals surface area contributed by atoms with Crippen LogP contribution in [-0.2, 0) is 14.3 Å². The molecule has 5 rings (SSSR count). The second-order valence-corrected chi connectivity index (χ2v) is 11.2. The predicted octanol–water partition coefficient (Wildman–Crippen LogP) is 3.05. The average molecular weight is 444 g/mol. The minimum Gasteiger partial charge on any atom is -0.360 e. The van der Waals surface area contributed by atoms with Gasteiger partial charge >= 0.3 is 0 Å². The zero-order chi connectivity index (χ0) is 22.2. The Bertz CT molecular complexity index is 941. The van der Waals surface area contributed by atoms with Crippen LogP contribution in [0.1, 0.15) is 40.5 Å². The topological polar surface area (TPSA) is 70.7 Å². The Labute approximate surface area is 188 Å². The van der Waals surface area contributed by atoms with Crippen molar-refractivity contribution in [1.82, 2.24) is 10.6 Å². The number of hydrogen-bond acceptors (Lipinski definition) is 4. The van der Waals surface area contributed by atoms with Gasteiger partial charge in [-0.1, -0.05) is 23.8 Å². The lowest BCUT2D eigenvalue weighted by Gasteiger charge is -2.47. The highest BCUT2D eigenvalue weighted by Gasteiger charge is 2.67. The number of carbonyl (C=O) groups excluding carboxylic acids is 2. The molecule has 6 nitrogen and oxygen atoms in total. The highest BCUT2D eigenvalue weighted by Crippen LogP contribution is 2.52. The van der Waals surface area contributed by atoms with Gasteiger partial charge in [-0.15, -0.1) is 0 Å². The van der Waals surface area contributed by atoms with Gasteiger partial charge in [-0.05, 0) is 64.8 Å². The fraction of sp³-hybridized carbons (Fsp3) is 0.583. The van der Waals surface area contributed by atoms with Gasteiger partial charge < -0.3 is 20.3 Å². The number of anilines is 1. The molecule has 0 aliphatic carbocycles. The summed E-state index contributed by atoms with van der Waals surface area (Å²) in [5, 5.41) is 7.53. The molecule has 3 fully saturated rings. The monoisotopic (exact) mass is 443 g/mol. The average Bonchev–Trinajstić information content (AvgIpc) is 3.28. The van der Waals surface area contributed by atoms with E-state index in [9.17, 15) is 9.59 Å². The SMILES string of the molecule is CC1(C)CC(NC(=O)[C@@H]2[C@H]3C(=O)N(c4ccc(Cl)cc4)C[C@@]34C=C[C@H]2O4)CC(C)(C)N1. The Hall–Kier alpha value is -1.89. The fourth-order valence-electron chi connectivity index (χ4n) is 6.36. The first-order valence-corrected chi connectivity index (χ1v) is 11.4. The second kappa shape index (κ2) is 6.80. The van der Waals surface area contributed by atoms with E-state index in [0.717, 1.165) is 18.5 Å². The van der Waals surface area contributed by atoms with Crippen molar-refractivity contribution in [3.05, 3.63) is 41.4 Å². The van der Waals surface area contributed by atoms with Crippen molar-refractivity contribution < 1.29 is 14.3 Å². The quantitative estimate of drug-likeness (QED) is 0.704. The van der Waals surface area contributed by atoms with Gasteiger partial charge in [0.05, 0.1) is 24.5 Å². The summed E-state index contributed by atoms with van der Waals surface area (Å²) >= 11 is 6.01. The zero-order valence-electron chi connectivity index (χ0n) is 18.4. The third-order valence-corrected chi connectivity index (χ3v) is 7.33. The molecule has 0 aromatic heterocycles. The summed E-state index contributed by atoms with van der Waals surface area (Å²) in [4.78, 5) is 28.6. The van der Waals surface area contributed by atoms with Crippen LogP contribution in [0, 0.1) is 11.8 Å². The molecule has 1 aromatic rings. The van der Waals surface area contributed by atoms with E-state index in [1.54, 1.807) is 17.0 Å². The lowest BCUT2D eigenvalue weighted by Crippen LogP contribution is -2.62. The van der Waals surface area contributed by atoms with Crippen molar-refractivity contribution in [1.29, 1.82) is 0 Å². The summed E-state index contributed by atoms with van der Waals surface area (Å²) < 4.78 is 6.26. The molecule has 2 bridgehead atoms. The summed E-state index contributed by atoms with van der Waals surface area (Å²) in [5.41, 5.74) is -0.0865. The molecule has 4 heterocycles. The van der Waals surface area contributed by atoms with Crippen molar-refractivity contribution >= 4 is 29.1 Å². The molecule has 3 saturated heterocycles. The number of rotatable bonds is 3. The second-order valence-electron chi connectivity index (χ2n) is 10.8. The molecule has 1 aromatic carbocycles. The number of carbonyl (C=O) groups is 2. The third-order valence-electron chi connectivity index (χ3n) is 7.08. The van der Waals surface area contributed by atoms with Crippen LogP contribution in [0.2, 0.25) is 5.02 Å². The van der Waals surface area contributed by atoms with Gasteiger partial charge in [0.25, 0.3) is 0 Å². The Morgan fingerprint density at radius 1 is 1.16 bits per heavy atom. The van der Waals surface area contributed by atoms with Gasteiger partial charge in [-0.3, -0.25) is 9.59 Å². The Morgan fingerprint density at radius 3 is 2.45 bits per heavy atom. The van der Waals surface area contributed by atoms with Crippen LogP contribution in [0.5, 0.6) is 0 Å². The number of nitrogens with one attached hydrogen (secondary N) is 2. The Balaban J connectivity index is 1.37. The molecular formula is C24H30ClN3O3. The highest BCUT2D eigenvalue weighted by atomic mass is 35.5. The molecule has 4 atom stereocenters. The Morgan fingerprint density at radius 2 is 1.81 bits per heavy atom. The van der Waals surface area contributed by atoms with Crippen LogP contribution >= 0.6 is 11.6 Å². The smallest absolute Gasteiger partial charge is 0.234 e. The summed E-state index contributed by atoms with van der Waals surface area (Å²) in [6, 6.07) is 7.27. The minimum atomic E-state index is -0.726. The van der Waals surface area contributed by atoms with E-state index in [1.807, 2.05) is 24.3 Å². The van der Waals surface area contributed by atoms with E-state index in [-0.39, 0.29) is 35.0 Å². The van der Waals surface area contributed by atoms with Gasteiger partial charge in [0.15, 0.2) is 0 Å². The predicted molar refractivity (Wildman–Crippen MR) is 120 cm³/mol. The minimum absolute atomic E-state index is 0.0553. The fourth-order valence-corrected chi connectivity index (χ4v) is 6.48. The van der Waals surface area contributed by atoms with Crippen LogP contribution in [0.4, 0.5) is 5.69 Å². The summed E-state index contributed by atoms with van der Waals surface area (Å²) in [7, 11) is 0. The maximum atomic E-state index is 13.5. The molecule has 31 heavy (non-hydrogen) atoms.